The number of hydrogen-bond donors (Lipinski definition) is 1. The summed E-state index contributed by atoms with van der Waals surface area (Å²) in [5.74, 6) is 0.464. The molecule has 16 heavy (non-hydrogen) atoms. The van der Waals surface area contributed by atoms with Gasteiger partial charge in [0.2, 0.25) is 0 Å². The second kappa shape index (κ2) is 5.59. The van der Waals surface area contributed by atoms with Crippen LogP contribution >= 0.6 is 0 Å². The lowest BCUT2D eigenvalue weighted by Gasteiger charge is -1.97. The van der Waals surface area contributed by atoms with E-state index >= 15 is 0 Å². The summed E-state index contributed by atoms with van der Waals surface area (Å²) < 4.78 is 0. The Bertz CT molecular complexity index is 423. The number of pyridine rings is 1. The number of hydrogen-bond acceptors (Lipinski definition) is 5. The molecule has 1 aromatic heterocycles. The molecule has 0 spiro atoms. The number of hydrazone groups is 1. The summed E-state index contributed by atoms with van der Waals surface area (Å²) in [5, 5.41) is 14.3. The minimum Gasteiger partial charge on any atom is -0.261 e. The third kappa shape index (κ3) is 3.49. The first-order chi connectivity index (χ1) is 7.63. The van der Waals surface area contributed by atoms with Gasteiger partial charge >= 0.3 is 0 Å². The summed E-state index contributed by atoms with van der Waals surface area (Å²) in [7, 11) is 0. The van der Waals surface area contributed by atoms with Crippen molar-refractivity contribution in [2.45, 2.75) is 13.8 Å². The molecule has 0 bridgehead atoms. The van der Waals surface area contributed by atoms with Crippen molar-refractivity contribution >= 4 is 17.7 Å². The average Bonchev–Trinajstić information content (AvgIpc) is 2.29. The molecule has 0 aliphatic heterocycles. The fraction of sp³-hybridized carbons (Fsp3) is 0.200. The van der Waals surface area contributed by atoms with Crippen LogP contribution in [-0.4, -0.2) is 16.1 Å². The molecule has 6 nitrogen and oxygen atoms in total. The second-order valence-electron chi connectivity index (χ2n) is 3.06. The maximum absolute atomic E-state index is 10.4. The summed E-state index contributed by atoms with van der Waals surface area (Å²) in [6.07, 6.45) is 4.73. The van der Waals surface area contributed by atoms with E-state index in [-0.39, 0.29) is 5.69 Å². The Balaban J connectivity index is 2.63. The van der Waals surface area contributed by atoms with Crippen LogP contribution in [0, 0.1) is 10.1 Å². The van der Waals surface area contributed by atoms with Crippen molar-refractivity contribution in [3.8, 4) is 0 Å². The first kappa shape index (κ1) is 11.8. The van der Waals surface area contributed by atoms with Crippen LogP contribution in [0.25, 0.3) is 0 Å². The smallest absolute Gasteiger partial charge is 0.261 e. The number of aromatic nitrogens is 1. The predicted octanol–water partition coefficient (Wildman–Crippen LogP) is 2.35. The number of nitrogens with zero attached hydrogens (tertiary/aromatic N) is 3. The van der Waals surface area contributed by atoms with Crippen LogP contribution in [0.5, 0.6) is 0 Å². The number of nitro groups is 1. The molecule has 1 aromatic rings. The Morgan fingerprint density at radius 2 is 2.38 bits per heavy atom. The molecule has 1 rings (SSSR count). The Hall–Kier alpha value is -2.24. The SMILES string of the molecule is C/C=C(C)\C=N/Nc1ccc([N+](=O)[O-])cn1. The molecular weight excluding hydrogens is 208 g/mol. The first-order valence-electron chi connectivity index (χ1n) is 4.66. The van der Waals surface area contributed by atoms with Gasteiger partial charge in [0, 0.05) is 12.3 Å². The van der Waals surface area contributed by atoms with Gasteiger partial charge in [0.15, 0.2) is 0 Å². The Labute approximate surface area is 92.9 Å². The van der Waals surface area contributed by atoms with Crippen molar-refractivity contribution in [2.75, 3.05) is 5.43 Å². The molecule has 0 unspecified atom stereocenters. The molecular formula is C10H12N4O2. The van der Waals surface area contributed by atoms with Gasteiger partial charge < -0.3 is 0 Å². The highest BCUT2D eigenvalue weighted by molar-refractivity contribution is 5.78. The lowest BCUT2D eigenvalue weighted by atomic mass is 10.3. The van der Waals surface area contributed by atoms with Gasteiger partial charge in [0.05, 0.1) is 4.92 Å². The highest BCUT2D eigenvalue weighted by atomic mass is 16.6. The third-order valence-corrected chi connectivity index (χ3v) is 1.86. The normalized spacial score (nSPS) is 11.8. The van der Waals surface area contributed by atoms with Crippen LogP contribution in [0.3, 0.4) is 0 Å². The van der Waals surface area contributed by atoms with Gasteiger partial charge in [-0.3, -0.25) is 15.5 Å². The van der Waals surface area contributed by atoms with Crippen molar-refractivity contribution in [1.29, 1.82) is 0 Å². The molecule has 0 aliphatic rings. The quantitative estimate of drug-likeness (QED) is 0.479. The lowest BCUT2D eigenvalue weighted by molar-refractivity contribution is -0.385. The summed E-state index contributed by atoms with van der Waals surface area (Å²) >= 11 is 0. The molecule has 0 aliphatic carbocycles. The molecule has 84 valence electrons. The van der Waals surface area contributed by atoms with Crippen LogP contribution in [-0.2, 0) is 0 Å². The Kier molecular flexibility index (Phi) is 4.14. The minimum absolute atomic E-state index is 0.0424. The Morgan fingerprint density at radius 1 is 1.62 bits per heavy atom. The highest BCUT2D eigenvalue weighted by Crippen LogP contribution is 2.11. The van der Waals surface area contributed by atoms with Gasteiger partial charge in [-0.2, -0.15) is 5.10 Å². The van der Waals surface area contributed by atoms with Crippen molar-refractivity contribution in [1.82, 2.24) is 4.98 Å². The van der Waals surface area contributed by atoms with E-state index < -0.39 is 4.92 Å². The summed E-state index contributed by atoms with van der Waals surface area (Å²) in [5.41, 5.74) is 3.64. The number of rotatable bonds is 4. The van der Waals surface area contributed by atoms with Gasteiger partial charge in [-0.1, -0.05) is 6.08 Å². The van der Waals surface area contributed by atoms with Crippen molar-refractivity contribution < 1.29 is 4.92 Å². The predicted molar refractivity (Wildman–Crippen MR) is 62.4 cm³/mol. The second-order valence-corrected chi connectivity index (χ2v) is 3.06. The van der Waals surface area contributed by atoms with Crippen molar-refractivity contribution in [2.24, 2.45) is 5.10 Å². The minimum atomic E-state index is -0.496. The molecule has 0 aromatic carbocycles. The molecule has 0 saturated heterocycles. The summed E-state index contributed by atoms with van der Waals surface area (Å²) in [6.45, 7) is 3.82. The van der Waals surface area contributed by atoms with Crippen LogP contribution in [0.4, 0.5) is 11.5 Å². The summed E-state index contributed by atoms with van der Waals surface area (Å²) in [6, 6.07) is 2.87. The van der Waals surface area contributed by atoms with Crippen molar-refractivity contribution in [3.05, 3.63) is 40.1 Å². The van der Waals surface area contributed by atoms with Gasteiger partial charge in [-0.25, -0.2) is 4.98 Å². The monoisotopic (exact) mass is 220 g/mol. The van der Waals surface area contributed by atoms with Gasteiger partial charge in [0.1, 0.15) is 12.0 Å². The zero-order chi connectivity index (χ0) is 12.0. The third-order valence-electron chi connectivity index (χ3n) is 1.86. The number of anilines is 1. The fourth-order valence-electron chi connectivity index (χ4n) is 0.835. The largest absolute Gasteiger partial charge is 0.287 e. The van der Waals surface area contributed by atoms with E-state index in [0.717, 1.165) is 5.57 Å². The number of nitrogens with one attached hydrogen (secondary N) is 1. The topological polar surface area (TPSA) is 80.4 Å². The van der Waals surface area contributed by atoms with Gasteiger partial charge in [-0.15, -0.1) is 0 Å². The molecule has 0 radical (unpaired) electrons. The van der Waals surface area contributed by atoms with E-state index in [1.54, 1.807) is 6.21 Å². The molecule has 1 N–H and O–H groups in total. The van der Waals surface area contributed by atoms with E-state index in [2.05, 4.69) is 15.5 Å². The molecule has 0 fully saturated rings. The molecule has 0 saturated carbocycles. The van der Waals surface area contributed by atoms with Crippen LogP contribution in [0.1, 0.15) is 13.8 Å². The lowest BCUT2D eigenvalue weighted by Crippen LogP contribution is -1.94. The van der Waals surface area contributed by atoms with Crippen molar-refractivity contribution in [3.63, 3.8) is 0 Å². The average molecular weight is 220 g/mol. The zero-order valence-electron chi connectivity index (χ0n) is 9.04. The Morgan fingerprint density at radius 3 is 2.88 bits per heavy atom. The number of allylic oxidation sites excluding steroid dienone is 2. The van der Waals surface area contributed by atoms with E-state index in [1.165, 1.54) is 18.3 Å². The molecule has 6 heteroatoms. The van der Waals surface area contributed by atoms with Crippen LogP contribution in [0.15, 0.2) is 35.1 Å². The fourth-order valence-corrected chi connectivity index (χ4v) is 0.835. The maximum atomic E-state index is 10.4. The van der Waals surface area contributed by atoms with E-state index in [4.69, 9.17) is 0 Å². The maximum Gasteiger partial charge on any atom is 0.287 e. The van der Waals surface area contributed by atoms with E-state index in [9.17, 15) is 10.1 Å². The van der Waals surface area contributed by atoms with E-state index in [0.29, 0.717) is 5.82 Å². The van der Waals surface area contributed by atoms with Crippen LogP contribution < -0.4 is 5.43 Å². The molecule has 0 atom stereocenters. The molecule has 0 amide bonds. The highest BCUT2D eigenvalue weighted by Gasteiger charge is 2.03. The van der Waals surface area contributed by atoms with Crippen LogP contribution in [0.2, 0.25) is 0 Å². The molecule has 1 heterocycles. The van der Waals surface area contributed by atoms with E-state index in [1.807, 2.05) is 19.9 Å². The summed E-state index contributed by atoms with van der Waals surface area (Å²) in [4.78, 5) is 13.7. The van der Waals surface area contributed by atoms with Gasteiger partial charge in [-0.05, 0) is 25.5 Å². The standard InChI is InChI=1S/C10H12N4O2/c1-3-8(2)6-12-13-10-5-4-9(7-11-10)14(15)16/h3-7H,1-2H3,(H,11,13)/b8-3-,12-6-. The zero-order valence-corrected chi connectivity index (χ0v) is 9.04. The first-order valence-corrected chi connectivity index (χ1v) is 4.66. The van der Waals surface area contributed by atoms with Gasteiger partial charge in [0.25, 0.3) is 5.69 Å².